The third-order valence-corrected chi connectivity index (χ3v) is 5.24. The highest BCUT2D eigenvalue weighted by atomic mass is 19.1. The first-order chi connectivity index (χ1) is 13.8. The van der Waals surface area contributed by atoms with Crippen molar-refractivity contribution >= 4 is 11.8 Å². The van der Waals surface area contributed by atoms with Crippen LogP contribution in [0.2, 0.25) is 0 Å². The van der Waals surface area contributed by atoms with Crippen LogP contribution in [0.3, 0.4) is 0 Å². The predicted octanol–water partition coefficient (Wildman–Crippen LogP) is 2.42. The van der Waals surface area contributed by atoms with Gasteiger partial charge < -0.3 is 15.4 Å². The second-order valence-corrected chi connectivity index (χ2v) is 7.45. The molecule has 29 heavy (non-hydrogen) atoms. The fourth-order valence-corrected chi connectivity index (χ4v) is 3.61. The molecule has 154 valence electrons. The Labute approximate surface area is 170 Å². The average molecular weight is 399 g/mol. The van der Waals surface area contributed by atoms with E-state index in [0.717, 1.165) is 5.56 Å². The molecule has 7 heteroatoms. The molecule has 0 bridgehead atoms. The Balaban J connectivity index is 1.59. The summed E-state index contributed by atoms with van der Waals surface area (Å²) in [6, 6.07) is 13.3. The van der Waals surface area contributed by atoms with Gasteiger partial charge >= 0.3 is 0 Å². The lowest BCUT2D eigenvalue weighted by Gasteiger charge is -2.44. The predicted molar refractivity (Wildman–Crippen MR) is 108 cm³/mol. The van der Waals surface area contributed by atoms with Gasteiger partial charge in [-0.25, -0.2) is 4.39 Å². The Morgan fingerprint density at radius 2 is 1.76 bits per heavy atom. The highest BCUT2D eigenvalue weighted by Gasteiger charge is 2.32. The Bertz CT molecular complexity index is 872. The summed E-state index contributed by atoms with van der Waals surface area (Å²) in [5.74, 6) is -0.665. The lowest BCUT2D eigenvalue weighted by atomic mass is 10.1. The quantitative estimate of drug-likeness (QED) is 0.810. The SMILES string of the molecule is CC1CN(C(=O)COc2ccccc2C(N)=O)C(C)CN1Cc1ccc(F)cc1. The van der Waals surface area contributed by atoms with Gasteiger partial charge in [0.15, 0.2) is 6.61 Å². The molecule has 0 aromatic heterocycles. The number of carbonyl (C=O) groups excluding carboxylic acids is 2. The molecule has 2 amide bonds. The van der Waals surface area contributed by atoms with Crippen LogP contribution in [0.15, 0.2) is 48.5 Å². The lowest BCUT2D eigenvalue weighted by molar-refractivity contribution is -0.139. The van der Waals surface area contributed by atoms with Crippen LogP contribution in [-0.2, 0) is 11.3 Å². The summed E-state index contributed by atoms with van der Waals surface area (Å²) in [7, 11) is 0. The molecule has 0 radical (unpaired) electrons. The Morgan fingerprint density at radius 3 is 2.45 bits per heavy atom. The zero-order chi connectivity index (χ0) is 21.0. The Morgan fingerprint density at radius 1 is 1.07 bits per heavy atom. The summed E-state index contributed by atoms with van der Waals surface area (Å²) in [4.78, 5) is 28.3. The summed E-state index contributed by atoms with van der Waals surface area (Å²) < 4.78 is 18.7. The molecule has 1 heterocycles. The van der Waals surface area contributed by atoms with Gasteiger partial charge in [-0.15, -0.1) is 0 Å². The number of nitrogens with zero attached hydrogens (tertiary/aromatic N) is 2. The summed E-state index contributed by atoms with van der Waals surface area (Å²) in [6.45, 7) is 5.90. The van der Waals surface area contributed by atoms with E-state index < -0.39 is 5.91 Å². The monoisotopic (exact) mass is 399 g/mol. The number of piperazine rings is 1. The number of amides is 2. The molecule has 0 spiro atoms. The van der Waals surface area contributed by atoms with Crippen molar-refractivity contribution in [2.75, 3.05) is 19.7 Å². The molecule has 2 atom stereocenters. The summed E-state index contributed by atoms with van der Waals surface area (Å²) >= 11 is 0. The van der Waals surface area contributed by atoms with E-state index in [9.17, 15) is 14.0 Å². The first-order valence-electron chi connectivity index (χ1n) is 9.64. The lowest BCUT2D eigenvalue weighted by Crippen LogP contribution is -2.58. The third-order valence-electron chi connectivity index (χ3n) is 5.24. The van der Waals surface area contributed by atoms with Gasteiger partial charge in [0.25, 0.3) is 11.8 Å². The largest absolute Gasteiger partial charge is 0.483 e. The number of halogens is 1. The number of hydrogen-bond acceptors (Lipinski definition) is 4. The smallest absolute Gasteiger partial charge is 0.260 e. The molecule has 1 saturated heterocycles. The van der Waals surface area contributed by atoms with E-state index in [1.807, 2.05) is 6.92 Å². The number of hydrogen-bond donors (Lipinski definition) is 1. The van der Waals surface area contributed by atoms with Gasteiger partial charge in [0, 0.05) is 31.7 Å². The molecule has 3 rings (SSSR count). The van der Waals surface area contributed by atoms with Gasteiger partial charge in [-0.05, 0) is 43.7 Å². The van der Waals surface area contributed by atoms with Gasteiger partial charge in [-0.1, -0.05) is 24.3 Å². The maximum atomic E-state index is 13.1. The van der Waals surface area contributed by atoms with Crippen molar-refractivity contribution in [3.05, 3.63) is 65.5 Å². The minimum atomic E-state index is -0.593. The van der Waals surface area contributed by atoms with E-state index in [4.69, 9.17) is 10.5 Å². The normalized spacial score (nSPS) is 19.8. The van der Waals surface area contributed by atoms with E-state index >= 15 is 0 Å². The molecule has 1 fully saturated rings. The summed E-state index contributed by atoms with van der Waals surface area (Å²) in [5.41, 5.74) is 6.64. The second-order valence-electron chi connectivity index (χ2n) is 7.45. The van der Waals surface area contributed by atoms with Crippen LogP contribution < -0.4 is 10.5 Å². The number of primary amides is 1. The average Bonchev–Trinajstić information content (AvgIpc) is 2.70. The van der Waals surface area contributed by atoms with Gasteiger partial charge in [0.1, 0.15) is 11.6 Å². The van der Waals surface area contributed by atoms with Gasteiger partial charge in [0.2, 0.25) is 0 Å². The van der Waals surface area contributed by atoms with Crippen LogP contribution in [0.25, 0.3) is 0 Å². The second kappa shape index (κ2) is 9.05. The van der Waals surface area contributed by atoms with Crippen molar-refractivity contribution in [1.82, 2.24) is 9.80 Å². The number of rotatable bonds is 6. The van der Waals surface area contributed by atoms with Crippen molar-refractivity contribution in [3.63, 3.8) is 0 Å². The molecule has 0 aliphatic carbocycles. The van der Waals surface area contributed by atoms with Crippen LogP contribution in [-0.4, -0.2) is 53.4 Å². The first kappa shape index (κ1) is 20.8. The summed E-state index contributed by atoms with van der Waals surface area (Å²) in [6.07, 6.45) is 0. The zero-order valence-corrected chi connectivity index (χ0v) is 16.7. The number of nitrogens with two attached hydrogens (primary N) is 1. The van der Waals surface area contributed by atoms with Crippen molar-refractivity contribution in [3.8, 4) is 5.75 Å². The maximum Gasteiger partial charge on any atom is 0.260 e. The molecule has 2 aromatic carbocycles. The number of carbonyl (C=O) groups is 2. The van der Waals surface area contributed by atoms with Crippen LogP contribution in [0.5, 0.6) is 5.75 Å². The minimum Gasteiger partial charge on any atom is -0.483 e. The van der Waals surface area contributed by atoms with Gasteiger partial charge in [-0.2, -0.15) is 0 Å². The van der Waals surface area contributed by atoms with E-state index in [1.54, 1.807) is 41.3 Å². The highest BCUT2D eigenvalue weighted by molar-refractivity contribution is 5.95. The van der Waals surface area contributed by atoms with Crippen LogP contribution in [0, 0.1) is 5.82 Å². The highest BCUT2D eigenvalue weighted by Crippen LogP contribution is 2.20. The molecule has 1 aliphatic heterocycles. The summed E-state index contributed by atoms with van der Waals surface area (Å²) in [5, 5.41) is 0. The Hall–Kier alpha value is -2.93. The third kappa shape index (κ3) is 5.12. The van der Waals surface area contributed by atoms with Crippen LogP contribution in [0.1, 0.15) is 29.8 Å². The molecule has 0 saturated carbocycles. The topological polar surface area (TPSA) is 75.9 Å². The van der Waals surface area contributed by atoms with E-state index in [2.05, 4.69) is 11.8 Å². The first-order valence-corrected chi connectivity index (χ1v) is 9.64. The molecular weight excluding hydrogens is 373 g/mol. The van der Waals surface area contributed by atoms with E-state index in [1.165, 1.54) is 12.1 Å². The maximum absolute atomic E-state index is 13.1. The number of benzene rings is 2. The van der Waals surface area contributed by atoms with Crippen molar-refractivity contribution < 1.29 is 18.7 Å². The molecule has 1 aliphatic rings. The van der Waals surface area contributed by atoms with Gasteiger partial charge in [-0.3, -0.25) is 14.5 Å². The van der Waals surface area contributed by atoms with Crippen molar-refractivity contribution in [2.45, 2.75) is 32.5 Å². The fourth-order valence-electron chi connectivity index (χ4n) is 3.61. The van der Waals surface area contributed by atoms with Crippen LogP contribution >= 0.6 is 0 Å². The Kier molecular flexibility index (Phi) is 6.49. The molecule has 2 N–H and O–H groups in total. The number of para-hydroxylation sites is 1. The standard InChI is InChI=1S/C22H26FN3O3/c1-15-12-26(16(2)11-25(15)13-17-7-9-18(23)10-8-17)21(27)14-29-20-6-4-3-5-19(20)22(24)28/h3-10,15-16H,11-14H2,1-2H3,(H2,24,28). The van der Waals surface area contributed by atoms with E-state index in [-0.39, 0.29) is 36.0 Å². The minimum absolute atomic E-state index is 0.00846. The van der Waals surface area contributed by atoms with Crippen LogP contribution in [0.4, 0.5) is 4.39 Å². The zero-order valence-electron chi connectivity index (χ0n) is 16.7. The molecular formula is C22H26FN3O3. The van der Waals surface area contributed by atoms with Crippen molar-refractivity contribution in [1.29, 1.82) is 0 Å². The van der Waals surface area contributed by atoms with Gasteiger partial charge in [0.05, 0.1) is 5.56 Å². The molecule has 2 aromatic rings. The molecule has 6 nitrogen and oxygen atoms in total. The van der Waals surface area contributed by atoms with E-state index in [0.29, 0.717) is 25.4 Å². The fraction of sp³-hybridized carbons (Fsp3) is 0.364. The van der Waals surface area contributed by atoms with Crippen molar-refractivity contribution in [2.24, 2.45) is 5.73 Å². The number of ether oxygens (including phenoxy) is 1. The molecule has 2 unspecified atom stereocenters.